The SMILES string of the molecule is Cl.N[C@@H]1CCN(C(=O)CCNC(=O)c2cc(F)ccc2Br)C1. The molecule has 1 atom stereocenters. The lowest BCUT2D eigenvalue weighted by Crippen LogP contribution is -2.35. The second-order valence-corrected chi connectivity index (χ2v) is 5.87. The number of nitrogens with two attached hydrogens (primary N) is 1. The Morgan fingerprint density at radius 3 is 2.82 bits per heavy atom. The molecule has 5 nitrogen and oxygen atoms in total. The Morgan fingerprint density at radius 2 is 2.18 bits per heavy atom. The molecule has 1 fully saturated rings. The number of amides is 2. The predicted octanol–water partition coefficient (Wildman–Crippen LogP) is 1.69. The summed E-state index contributed by atoms with van der Waals surface area (Å²) in [5.41, 5.74) is 5.96. The van der Waals surface area contributed by atoms with Gasteiger partial charge in [0.25, 0.3) is 5.91 Å². The van der Waals surface area contributed by atoms with E-state index in [0.717, 1.165) is 12.5 Å². The van der Waals surface area contributed by atoms with Gasteiger partial charge in [0.15, 0.2) is 0 Å². The fourth-order valence-corrected chi connectivity index (χ4v) is 2.65. The average molecular weight is 395 g/mol. The van der Waals surface area contributed by atoms with Crippen molar-refractivity contribution in [2.45, 2.75) is 18.9 Å². The van der Waals surface area contributed by atoms with Crippen LogP contribution in [0.5, 0.6) is 0 Å². The zero-order chi connectivity index (χ0) is 15.4. The molecule has 0 aliphatic carbocycles. The number of benzene rings is 1. The number of carbonyl (C=O) groups excluding carboxylic acids is 2. The molecule has 122 valence electrons. The van der Waals surface area contributed by atoms with Gasteiger partial charge in [-0.05, 0) is 40.5 Å². The third kappa shape index (κ3) is 4.93. The molecule has 3 N–H and O–H groups in total. The molecule has 1 aliphatic rings. The van der Waals surface area contributed by atoms with E-state index in [2.05, 4.69) is 21.2 Å². The average Bonchev–Trinajstić information content (AvgIpc) is 2.88. The first-order valence-corrected chi connectivity index (χ1v) is 7.53. The molecule has 22 heavy (non-hydrogen) atoms. The molecule has 0 spiro atoms. The summed E-state index contributed by atoms with van der Waals surface area (Å²) in [6, 6.07) is 3.94. The van der Waals surface area contributed by atoms with Gasteiger partial charge in [-0.2, -0.15) is 0 Å². The zero-order valence-corrected chi connectivity index (χ0v) is 14.3. The molecule has 1 aliphatic heterocycles. The summed E-state index contributed by atoms with van der Waals surface area (Å²) in [5, 5.41) is 2.62. The highest BCUT2D eigenvalue weighted by molar-refractivity contribution is 9.10. The summed E-state index contributed by atoms with van der Waals surface area (Å²) in [6.45, 7) is 1.46. The fraction of sp³-hybridized carbons (Fsp3) is 0.429. The van der Waals surface area contributed by atoms with Gasteiger partial charge in [-0.25, -0.2) is 4.39 Å². The van der Waals surface area contributed by atoms with Crippen molar-refractivity contribution in [1.29, 1.82) is 0 Å². The number of hydrogen-bond donors (Lipinski definition) is 2. The second kappa shape index (κ2) is 8.45. The van der Waals surface area contributed by atoms with Gasteiger partial charge >= 0.3 is 0 Å². The van der Waals surface area contributed by atoms with E-state index in [1.807, 2.05) is 0 Å². The van der Waals surface area contributed by atoms with Crippen molar-refractivity contribution in [2.75, 3.05) is 19.6 Å². The van der Waals surface area contributed by atoms with Crippen molar-refractivity contribution in [3.63, 3.8) is 0 Å². The fourth-order valence-electron chi connectivity index (χ4n) is 2.22. The molecule has 1 saturated heterocycles. The number of hydrogen-bond acceptors (Lipinski definition) is 3. The van der Waals surface area contributed by atoms with Crippen molar-refractivity contribution in [3.8, 4) is 0 Å². The minimum Gasteiger partial charge on any atom is -0.351 e. The maximum Gasteiger partial charge on any atom is 0.252 e. The molecule has 0 aromatic heterocycles. The summed E-state index contributed by atoms with van der Waals surface area (Å²) in [7, 11) is 0. The number of halogens is 3. The van der Waals surface area contributed by atoms with Crippen molar-refractivity contribution in [2.24, 2.45) is 5.73 Å². The molecule has 1 heterocycles. The molecular formula is C14H18BrClFN3O2. The molecule has 0 radical (unpaired) electrons. The van der Waals surface area contributed by atoms with E-state index in [0.29, 0.717) is 17.6 Å². The van der Waals surface area contributed by atoms with E-state index < -0.39 is 11.7 Å². The number of likely N-dealkylation sites (tertiary alicyclic amines) is 1. The largest absolute Gasteiger partial charge is 0.351 e. The van der Waals surface area contributed by atoms with Crippen LogP contribution in [0, 0.1) is 5.82 Å². The normalized spacial score (nSPS) is 17.0. The Balaban J connectivity index is 0.00000242. The van der Waals surface area contributed by atoms with E-state index in [4.69, 9.17) is 5.73 Å². The van der Waals surface area contributed by atoms with Crippen molar-refractivity contribution >= 4 is 40.2 Å². The summed E-state index contributed by atoms with van der Waals surface area (Å²) in [5.74, 6) is -0.917. The smallest absolute Gasteiger partial charge is 0.252 e. The molecular weight excluding hydrogens is 377 g/mol. The van der Waals surface area contributed by atoms with Crippen LogP contribution in [0.3, 0.4) is 0 Å². The van der Waals surface area contributed by atoms with Crippen LogP contribution in [0.2, 0.25) is 0 Å². The Kier molecular flexibility index (Phi) is 7.25. The first-order valence-electron chi connectivity index (χ1n) is 6.74. The van der Waals surface area contributed by atoms with Crippen LogP contribution in [0.15, 0.2) is 22.7 Å². The third-order valence-electron chi connectivity index (χ3n) is 3.37. The predicted molar refractivity (Wildman–Crippen MR) is 87.5 cm³/mol. The Hall–Kier alpha value is -1.18. The van der Waals surface area contributed by atoms with Crippen LogP contribution in [0.25, 0.3) is 0 Å². The number of nitrogens with zero attached hydrogens (tertiary/aromatic N) is 1. The summed E-state index contributed by atoms with van der Waals surface area (Å²) in [6.07, 6.45) is 1.03. The lowest BCUT2D eigenvalue weighted by molar-refractivity contribution is -0.130. The number of nitrogens with one attached hydrogen (secondary N) is 1. The highest BCUT2D eigenvalue weighted by Crippen LogP contribution is 2.17. The highest BCUT2D eigenvalue weighted by Gasteiger charge is 2.23. The molecule has 0 bridgehead atoms. The third-order valence-corrected chi connectivity index (χ3v) is 4.07. The minimum atomic E-state index is -0.481. The van der Waals surface area contributed by atoms with Gasteiger partial charge in [-0.15, -0.1) is 12.4 Å². The van der Waals surface area contributed by atoms with E-state index in [1.165, 1.54) is 12.1 Å². The lowest BCUT2D eigenvalue weighted by Gasteiger charge is -2.15. The van der Waals surface area contributed by atoms with Gasteiger partial charge in [0.1, 0.15) is 5.82 Å². The topological polar surface area (TPSA) is 75.4 Å². The quantitative estimate of drug-likeness (QED) is 0.816. The lowest BCUT2D eigenvalue weighted by atomic mass is 10.2. The minimum absolute atomic E-state index is 0. The van der Waals surface area contributed by atoms with E-state index in [1.54, 1.807) is 4.90 Å². The molecule has 1 aromatic carbocycles. The van der Waals surface area contributed by atoms with Crippen LogP contribution in [-0.4, -0.2) is 42.4 Å². The number of rotatable bonds is 4. The van der Waals surface area contributed by atoms with Gasteiger partial charge in [-0.3, -0.25) is 9.59 Å². The van der Waals surface area contributed by atoms with Crippen LogP contribution in [0.1, 0.15) is 23.2 Å². The molecule has 2 amide bonds. The first kappa shape index (κ1) is 18.9. The van der Waals surface area contributed by atoms with E-state index in [-0.39, 0.29) is 42.9 Å². The maximum absolute atomic E-state index is 13.1. The zero-order valence-electron chi connectivity index (χ0n) is 11.9. The van der Waals surface area contributed by atoms with Gasteiger partial charge in [0.05, 0.1) is 5.56 Å². The van der Waals surface area contributed by atoms with Crippen LogP contribution >= 0.6 is 28.3 Å². The van der Waals surface area contributed by atoms with Gasteiger partial charge < -0.3 is 16.0 Å². The van der Waals surface area contributed by atoms with Gasteiger partial charge in [0.2, 0.25) is 5.91 Å². The molecule has 1 aromatic rings. The van der Waals surface area contributed by atoms with Crippen LogP contribution in [-0.2, 0) is 4.79 Å². The number of carbonyl (C=O) groups is 2. The van der Waals surface area contributed by atoms with Crippen LogP contribution in [0.4, 0.5) is 4.39 Å². The van der Waals surface area contributed by atoms with E-state index in [9.17, 15) is 14.0 Å². The van der Waals surface area contributed by atoms with Gasteiger partial charge in [-0.1, -0.05) is 0 Å². The van der Waals surface area contributed by atoms with Crippen molar-refractivity contribution < 1.29 is 14.0 Å². The second-order valence-electron chi connectivity index (χ2n) is 5.02. The van der Waals surface area contributed by atoms with Crippen molar-refractivity contribution in [3.05, 3.63) is 34.1 Å². The summed E-state index contributed by atoms with van der Waals surface area (Å²) >= 11 is 3.20. The first-order chi connectivity index (χ1) is 9.97. The standard InChI is InChI=1S/C14H17BrFN3O2.ClH/c15-12-2-1-9(16)7-11(12)14(21)18-5-3-13(20)19-6-4-10(17)8-19;/h1-2,7,10H,3-6,8,17H2,(H,18,21);1H/t10-;/m1./s1. The molecule has 0 saturated carbocycles. The van der Waals surface area contributed by atoms with Crippen LogP contribution < -0.4 is 11.1 Å². The Labute approximate surface area is 143 Å². The molecule has 2 rings (SSSR count). The summed E-state index contributed by atoms with van der Waals surface area (Å²) in [4.78, 5) is 25.5. The Morgan fingerprint density at radius 1 is 1.45 bits per heavy atom. The highest BCUT2D eigenvalue weighted by atomic mass is 79.9. The van der Waals surface area contributed by atoms with E-state index >= 15 is 0 Å². The summed E-state index contributed by atoms with van der Waals surface area (Å²) < 4.78 is 13.6. The maximum atomic E-state index is 13.1. The van der Waals surface area contributed by atoms with Crippen molar-refractivity contribution in [1.82, 2.24) is 10.2 Å². The molecule has 0 unspecified atom stereocenters. The monoisotopic (exact) mass is 393 g/mol. The Bertz CT molecular complexity index is 559. The van der Waals surface area contributed by atoms with Gasteiger partial charge in [0, 0.05) is 36.6 Å². The molecule has 8 heteroatoms.